The third-order valence-corrected chi connectivity index (χ3v) is 6.15. The fourth-order valence-electron chi connectivity index (χ4n) is 4.42. The van der Waals surface area contributed by atoms with Crippen LogP contribution in [0.4, 0.5) is 9.59 Å². The van der Waals surface area contributed by atoms with E-state index in [1.165, 1.54) is 0 Å². The molecule has 0 radical (unpaired) electrons. The Morgan fingerprint density at radius 1 is 0.619 bits per heavy atom. The van der Waals surface area contributed by atoms with Gasteiger partial charge in [-0.05, 0) is 91.5 Å². The fourth-order valence-corrected chi connectivity index (χ4v) is 4.42. The molecule has 2 aromatic carbocycles. The van der Waals surface area contributed by atoms with Crippen molar-refractivity contribution in [1.29, 1.82) is 0 Å². The number of hydrogen-bond acceptors (Lipinski definition) is 8. The van der Waals surface area contributed by atoms with Gasteiger partial charge in [-0.15, -0.1) is 0 Å². The average molecular weight is 583 g/mol. The predicted octanol–water partition coefficient (Wildman–Crippen LogP) is 5.67. The predicted molar refractivity (Wildman–Crippen MR) is 158 cm³/mol. The van der Waals surface area contributed by atoms with Crippen molar-refractivity contribution in [3.05, 3.63) is 57.6 Å². The molecule has 2 aromatic rings. The highest BCUT2D eigenvalue weighted by atomic mass is 16.6. The molecular weight excluding hydrogens is 540 g/mol. The number of alkyl carbamates (subject to hydrolysis) is 2. The smallest absolute Gasteiger partial charge is 0.407 e. The summed E-state index contributed by atoms with van der Waals surface area (Å²) in [5, 5.41) is 5.35. The summed E-state index contributed by atoms with van der Waals surface area (Å²) in [6.45, 7) is 15.4. The topological polar surface area (TPSA) is 129 Å². The van der Waals surface area contributed by atoms with Crippen molar-refractivity contribution in [3.63, 3.8) is 0 Å². The van der Waals surface area contributed by atoms with Crippen LogP contribution in [0.3, 0.4) is 0 Å². The summed E-state index contributed by atoms with van der Waals surface area (Å²) in [7, 11) is 0. The van der Waals surface area contributed by atoms with Crippen LogP contribution in [-0.2, 0) is 9.47 Å². The number of hydrogen-bond donors (Lipinski definition) is 2. The Balaban J connectivity index is 1.70. The van der Waals surface area contributed by atoms with E-state index in [1.54, 1.807) is 79.7 Å². The van der Waals surface area contributed by atoms with Crippen LogP contribution in [0.25, 0.3) is 0 Å². The van der Waals surface area contributed by atoms with Crippen molar-refractivity contribution in [1.82, 2.24) is 10.6 Å². The minimum Gasteiger partial charge on any atom is -0.493 e. The van der Waals surface area contributed by atoms with Crippen LogP contribution >= 0.6 is 0 Å². The van der Waals surface area contributed by atoms with Gasteiger partial charge in [0.1, 0.15) is 22.7 Å². The Kier molecular flexibility index (Phi) is 10.2. The highest BCUT2D eigenvalue weighted by Gasteiger charge is 2.37. The lowest BCUT2D eigenvalue weighted by Gasteiger charge is -2.25. The molecule has 0 spiro atoms. The highest BCUT2D eigenvalue weighted by molar-refractivity contribution is 6.31. The first kappa shape index (κ1) is 32.4. The largest absolute Gasteiger partial charge is 0.493 e. The van der Waals surface area contributed by atoms with E-state index in [1.807, 2.05) is 0 Å². The summed E-state index contributed by atoms with van der Waals surface area (Å²) in [6.07, 6.45) is -0.0818. The minimum absolute atomic E-state index is 0.221. The summed E-state index contributed by atoms with van der Waals surface area (Å²) < 4.78 is 22.3. The lowest BCUT2D eigenvalue weighted by molar-refractivity contribution is 0.0513. The molecule has 0 bridgehead atoms. The molecule has 10 heteroatoms. The second kappa shape index (κ2) is 13.3. The lowest BCUT2D eigenvalue weighted by Crippen LogP contribution is -2.33. The van der Waals surface area contributed by atoms with Gasteiger partial charge in [-0.1, -0.05) is 12.1 Å². The van der Waals surface area contributed by atoms with Gasteiger partial charge in [0.25, 0.3) is 0 Å². The molecule has 0 saturated heterocycles. The third-order valence-electron chi connectivity index (χ3n) is 6.15. The number of ketones is 2. The molecule has 2 amide bonds. The van der Waals surface area contributed by atoms with Crippen molar-refractivity contribution in [3.8, 4) is 11.5 Å². The van der Waals surface area contributed by atoms with Crippen molar-refractivity contribution < 1.29 is 38.1 Å². The van der Waals surface area contributed by atoms with E-state index in [2.05, 4.69) is 10.6 Å². The maximum atomic E-state index is 13.9. The third kappa shape index (κ3) is 8.47. The molecule has 3 rings (SSSR count). The molecule has 42 heavy (non-hydrogen) atoms. The van der Waals surface area contributed by atoms with Crippen molar-refractivity contribution in [2.24, 2.45) is 0 Å². The highest BCUT2D eigenvalue weighted by Crippen LogP contribution is 2.40. The normalized spacial score (nSPS) is 12.7. The fraction of sp³-hybridized carbons (Fsp3) is 0.500. The quantitative estimate of drug-likeness (QED) is 0.293. The molecule has 228 valence electrons. The molecule has 0 unspecified atom stereocenters. The average Bonchev–Trinajstić information content (AvgIpc) is 2.86. The molecule has 0 saturated carbocycles. The first-order chi connectivity index (χ1) is 19.6. The van der Waals surface area contributed by atoms with Gasteiger partial charge in [-0.3, -0.25) is 9.59 Å². The summed E-state index contributed by atoms with van der Waals surface area (Å²) in [6, 6.07) is 6.89. The van der Waals surface area contributed by atoms with Crippen molar-refractivity contribution in [2.45, 2.75) is 79.4 Å². The van der Waals surface area contributed by atoms with Gasteiger partial charge in [-0.25, -0.2) is 9.59 Å². The lowest BCUT2D eigenvalue weighted by atomic mass is 9.79. The van der Waals surface area contributed by atoms with Gasteiger partial charge < -0.3 is 29.6 Å². The molecule has 1 aliphatic rings. The van der Waals surface area contributed by atoms with E-state index in [4.69, 9.17) is 18.9 Å². The van der Waals surface area contributed by atoms with E-state index < -0.39 is 23.4 Å². The van der Waals surface area contributed by atoms with Crippen LogP contribution in [-0.4, -0.2) is 61.3 Å². The molecule has 0 aromatic heterocycles. The number of fused-ring (bicyclic) bond motifs is 2. The van der Waals surface area contributed by atoms with E-state index in [0.717, 1.165) is 0 Å². The van der Waals surface area contributed by atoms with Crippen LogP contribution < -0.4 is 20.1 Å². The molecule has 0 fully saturated rings. The van der Waals surface area contributed by atoms with Crippen molar-refractivity contribution >= 4 is 23.8 Å². The number of amides is 2. The Morgan fingerprint density at radius 3 is 1.31 bits per heavy atom. The zero-order valence-corrected chi connectivity index (χ0v) is 25.8. The maximum Gasteiger partial charge on any atom is 0.407 e. The molecule has 10 nitrogen and oxygen atoms in total. The van der Waals surface area contributed by atoms with Gasteiger partial charge >= 0.3 is 12.2 Å². The van der Waals surface area contributed by atoms with Crippen molar-refractivity contribution in [2.75, 3.05) is 26.3 Å². The second-order valence-electron chi connectivity index (χ2n) is 12.2. The standard InChI is InChI=1S/C32H42N2O8/c1-19-11-13-21(39-17-9-15-33-29(37)41-31(3,4)5)25-23(19)27(35)26-22(14-12-20(2)24(26)28(25)36)40-18-10-16-34-30(38)42-32(6,7)8/h11-14H,9-10,15-18H2,1-8H3,(H,33,37)(H,34,38). The van der Waals surface area contributed by atoms with Crippen LogP contribution in [0.1, 0.15) is 97.4 Å². The van der Waals surface area contributed by atoms with Crippen LogP contribution in [0.2, 0.25) is 0 Å². The summed E-state index contributed by atoms with van der Waals surface area (Å²) in [4.78, 5) is 51.4. The Hall–Kier alpha value is -4.08. The number of carbonyl (C=O) groups is 4. The van der Waals surface area contributed by atoms with Crippen LogP contribution in [0.15, 0.2) is 24.3 Å². The Labute approximate surface area is 247 Å². The zero-order chi connectivity index (χ0) is 31.2. The Morgan fingerprint density at radius 2 is 0.976 bits per heavy atom. The summed E-state index contributed by atoms with van der Waals surface area (Å²) >= 11 is 0. The van der Waals surface area contributed by atoms with Crippen LogP contribution in [0, 0.1) is 13.8 Å². The van der Waals surface area contributed by atoms with Gasteiger partial charge in [-0.2, -0.15) is 0 Å². The van der Waals surface area contributed by atoms with E-state index in [9.17, 15) is 19.2 Å². The van der Waals surface area contributed by atoms with Gasteiger partial charge in [0.2, 0.25) is 0 Å². The first-order valence-electron chi connectivity index (χ1n) is 14.1. The summed E-state index contributed by atoms with van der Waals surface area (Å²) in [5.41, 5.74) is 1.17. The molecule has 1 aliphatic carbocycles. The van der Waals surface area contributed by atoms with Crippen LogP contribution in [0.5, 0.6) is 11.5 Å². The van der Waals surface area contributed by atoms with Gasteiger partial charge in [0, 0.05) is 24.2 Å². The number of ether oxygens (including phenoxy) is 4. The van der Waals surface area contributed by atoms with E-state index >= 15 is 0 Å². The number of benzene rings is 2. The van der Waals surface area contributed by atoms with E-state index in [-0.39, 0.29) is 35.9 Å². The monoisotopic (exact) mass is 582 g/mol. The first-order valence-corrected chi connectivity index (χ1v) is 14.1. The molecule has 2 N–H and O–H groups in total. The van der Waals surface area contributed by atoms with E-state index in [0.29, 0.717) is 59.7 Å². The number of aryl methyl sites for hydroxylation is 2. The number of rotatable bonds is 10. The number of nitrogens with one attached hydrogen (secondary N) is 2. The molecular formula is C32H42N2O8. The summed E-state index contributed by atoms with van der Waals surface area (Å²) in [5.74, 6) is 0.0195. The van der Waals surface area contributed by atoms with Gasteiger partial charge in [0.05, 0.1) is 24.3 Å². The molecule has 0 aliphatic heterocycles. The Bertz CT molecular complexity index is 1250. The molecule has 0 atom stereocenters. The molecule has 0 heterocycles. The maximum absolute atomic E-state index is 13.9. The SMILES string of the molecule is Cc1ccc(OCCCNC(=O)OC(C)(C)C)c2c1C(=O)c1c(OCCCNC(=O)OC(C)(C)C)ccc(C)c1C2=O. The number of carbonyl (C=O) groups excluding carboxylic acids is 4. The van der Waals surface area contributed by atoms with Gasteiger partial charge in [0.15, 0.2) is 11.6 Å². The second-order valence-corrected chi connectivity index (χ2v) is 12.2. The minimum atomic E-state index is -0.591. The zero-order valence-electron chi connectivity index (χ0n) is 25.8.